The van der Waals surface area contributed by atoms with Gasteiger partial charge in [0.05, 0.1) is 11.9 Å². The fourth-order valence-corrected chi connectivity index (χ4v) is 5.90. The highest BCUT2D eigenvalue weighted by molar-refractivity contribution is 7.92. The topological polar surface area (TPSA) is 86.8 Å². The van der Waals surface area contributed by atoms with Crippen molar-refractivity contribution in [3.8, 4) is 0 Å². The molecule has 0 heterocycles. The number of rotatable bonds is 12. The minimum absolute atomic E-state index is 0.0941. The van der Waals surface area contributed by atoms with Gasteiger partial charge in [-0.15, -0.1) is 0 Å². The maximum absolute atomic E-state index is 14.0. The van der Waals surface area contributed by atoms with Gasteiger partial charge in [0.25, 0.3) is 0 Å². The number of benzene rings is 3. The van der Waals surface area contributed by atoms with Crippen LogP contribution in [0, 0.1) is 20.8 Å². The number of nitrogens with zero attached hydrogens (tertiary/aromatic N) is 2. The molecule has 0 aliphatic carbocycles. The molecule has 42 heavy (non-hydrogen) atoms. The predicted octanol–water partition coefficient (Wildman–Crippen LogP) is 5.71. The molecule has 0 radical (unpaired) electrons. The highest BCUT2D eigenvalue weighted by atomic mass is 32.2. The van der Waals surface area contributed by atoms with Crippen LogP contribution < -0.4 is 9.62 Å². The number of hydrogen-bond donors (Lipinski definition) is 1. The molecule has 0 unspecified atom stereocenters. The number of hydrogen-bond acceptors (Lipinski definition) is 4. The van der Waals surface area contributed by atoms with Crippen LogP contribution in [-0.4, -0.2) is 49.5 Å². The minimum atomic E-state index is -3.57. The molecular formula is C34H45N3O4S. The third kappa shape index (κ3) is 9.44. The normalized spacial score (nSPS) is 12.5. The Labute approximate surface area is 252 Å². The lowest BCUT2D eigenvalue weighted by Gasteiger charge is -2.34. The van der Waals surface area contributed by atoms with Crippen LogP contribution in [0.5, 0.6) is 0 Å². The molecule has 0 spiro atoms. The van der Waals surface area contributed by atoms with Gasteiger partial charge in [0, 0.05) is 31.5 Å². The Hall–Kier alpha value is -3.65. The molecule has 0 aliphatic rings. The predicted molar refractivity (Wildman–Crippen MR) is 171 cm³/mol. The van der Waals surface area contributed by atoms with Crippen LogP contribution in [0.25, 0.3) is 0 Å². The molecule has 3 aromatic carbocycles. The molecule has 1 atom stereocenters. The smallest absolute Gasteiger partial charge is 0.243 e. The van der Waals surface area contributed by atoms with Crippen LogP contribution in [0.1, 0.15) is 61.4 Å². The van der Waals surface area contributed by atoms with E-state index in [1.54, 1.807) is 11.0 Å². The SMILES string of the molecule is Cc1ccc(CN(C(=O)CCCN(c2cccc(C)c2C)S(C)(=O)=O)[C@H](Cc2ccccc2)C(=O)NC(C)(C)C)cc1. The van der Waals surface area contributed by atoms with Crippen LogP contribution in [-0.2, 0) is 32.6 Å². The van der Waals surface area contributed by atoms with Gasteiger partial charge in [-0.05, 0) is 76.3 Å². The van der Waals surface area contributed by atoms with E-state index in [1.807, 2.05) is 108 Å². The number of sulfonamides is 1. The monoisotopic (exact) mass is 591 g/mol. The van der Waals surface area contributed by atoms with E-state index >= 15 is 0 Å². The Morgan fingerprint density at radius 2 is 1.50 bits per heavy atom. The number of carbonyl (C=O) groups excluding carboxylic acids is 2. The Kier molecular flexibility index (Phi) is 11.0. The molecule has 0 aliphatic heterocycles. The van der Waals surface area contributed by atoms with E-state index < -0.39 is 21.6 Å². The molecule has 0 bridgehead atoms. The molecular weight excluding hydrogens is 546 g/mol. The lowest BCUT2D eigenvalue weighted by molar-refractivity contribution is -0.142. The van der Waals surface area contributed by atoms with Crippen molar-refractivity contribution in [1.82, 2.24) is 10.2 Å². The van der Waals surface area contributed by atoms with Crippen LogP contribution in [0.15, 0.2) is 72.8 Å². The largest absolute Gasteiger partial charge is 0.350 e. The number of amides is 2. The van der Waals surface area contributed by atoms with Crippen molar-refractivity contribution >= 4 is 27.5 Å². The standard InChI is InChI=1S/C34H45N3O4S/c1-25-18-20-29(21-19-25)24-36(31(33(39)35-34(4,5)6)23-28-14-9-8-10-15-28)32(38)17-12-22-37(42(7,40)41)30-16-11-13-26(2)27(30)3/h8-11,13-16,18-21,31H,12,17,22-24H2,1-7H3,(H,35,39)/t31-/m1/s1. The number of carbonyl (C=O) groups is 2. The third-order valence-corrected chi connectivity index (χ3v) is 8.42. The van der Waals surface area contributed by atoms with Gasteiger partial charge >= 0.3 is 0 Å². The van der Waals surface area contributed by atoms with Crippen molar-refractivity contribution in [1.29, 1.82) is 0 Å². The first kappa shape index (κ1) is 32.9. The summed E-state index contributed by atoms with van der Waals surface area (Å²) in [5.74, 6) is -0.421. The first-order valence-electron chi connectivity index (χ1n) is 14.4. The second-order valence-corrected chi connectivity index (χ2v) is 14.0. The summed E-state index contributed by atoms with van der Waals surface area (Å²) in [6, 6.07) is 22.5. The maximum Gasteiger partial charge on any atom is 0.243 e. The van der Waals surface area contributed by atoms with E-state index in [2.05, 4.69) is 5.32 Å². The van der Waals surface area contributed by atoms with Gasteiger partial charge in [0.2, 0.25) is 21.8 Å². The van der Waals surface area contributed by atoms with Crippen molar-refractivity contribution in [3.05, 3.63) is 101 Å². The molecule has 0 saturated heterocycles. The van der Waals surface area contributed by atoms with E-state index in [1.165, 1.54) is 10.6 Å². The molecule has 2 amide bonds. The molecule has 7 nitrogen and oxygen atoms in total. The zero-order valence-electron chi connectivity index (χ0n) is 26.0. The Morgan fingerprint density at radius 3 is 2.10 bits per heavy atom. The summed E-state index contributed by atoms with van der Waals surface area (Å²) in [6.45, 7) is 12.0. The van der Waals surface area contributed by atoms with E-state index in [0.29, 0.717) is 18.5 Å². The van der Waals surface area contributed by atoms with Crippen LogP contribution >= 0.6 is 0 Å². The molecule has 3 aromatic rings. The summed E-state index contributed by atoms with van der Waals surface area (Å²) < 4.78 is 26.9. The second-order valence-electron chi connectivity index (χ2n) is 12.1. The molecule has 0 aromatic heterocycles. The zero-order chi connectivity index (χ0) is 31.1. The van der Waals surface area contributed by atoms with Gasteiger partial charge in [-0.3, -0.25) is 13.9 Å². The second kappa shape index (κ2) is 14.0. The van der Waals surface area contributed by atoms with E-state index in [0.717, 1.165) is 27.8 Å². The van der Waals surface area contributed by atoms with Crippen LogP contribution in [0.2, 0.25) is 0 Å². The Balaban J connectivity index is 1.92. The lowest BCUT2D eigenvalue weighted by atomic mass is 10.00. The highest BCUT2D eigenvalue weighted by Gasteiger charge is 2.32. The molecule has 0 fully saturated rings. The molecule has 0 saturated carbocycles. The molecule has 8 heteroatoms. The summed E-state index contributed by atoms with van der Waals surface area (Å²) in [7, 11) is -3.57. The lowest BCUT2D eigenvalue weighted by Crippen LogP contribution is -2.54. The zero-order valence-corrected chi connectivity index (χ0v) is 26.8. The van der Waals surface area contributed by atoms with Gasteiger partial charge in [-0.2, -0.15) is 0 Å². The first-order valence-corrected chi connectivity index (χ1v) is 16.3. The average Bonchev–Trinajstić information content (AvgIpc) is 2.90. The summed E-state index contributed by atoms with van der Waals surface area (Å²) in [5, 5.41) is 3.08. The summed E-state index contributed by atoms with van der Waals surface area (Å²) >= 11 is 0. The maximum atomic E-state index is 14.0. The van der Waals surface area contributed by atoms with Crippen molar-refractivity contribution in [2.75, 3.05) is 17.1 Å². The van der Waals surface area contributed by atoms with Gasteiger partial charge in [0.1, 0.15) is 6.04 Å². The fourth-order valence-electron chi connectivity index (χ4n) is 4.89. The number of anilines is 1. The quantitative estimate of drug-likeness (QED) is 0.292. The molecule has 3 rings (SSSR count). The summed E-state index contributed by atoms with van der Waals surface area (Å²) in [6.07, 6.45) is 1.95. The van der Waals surface area contributed by atoms with Crippen molar-refractivity contribution in [2.45, 2.75) is 78.9 Å². The third-order valence-electron chi connectivity index (χ3n) is 7.24. The average molecular weight is 592 g/mol. The van der Waals surface area contributed by atoms with Crippen LogP contribution in [0.4, 0.5) is 5.69 Å². The van der Waals surface area contributed by atoms with E-state index in [4.69, 9.17) is 0 Å². The first-order chi connectivity index (χ1) is 19.7. The fraction of sp³-hybridized carbons (Fsp3) is 0.412. The van der Waals surface area contributed by atoms with E-state index in [-0.39, 0.29) is 31.3 Å². The van der Waals surface area contributed by atoms with Crippen LogP contribution in [0.3, 0.4) is 0 Å². The van der Waals surface area contributed by atoms with Gasteiger partial charge in [-0.1, -0.05) is 72.3 Å². The number of aryl methyl sites for hydroxylation is 2. The van der Waals surface area contributed by atoms with E-state index in [9.17, 15) is 18.0 Å². The van der Waals surface area contributed by atoms with Gasteiger partial charge in [-0.25, -0.2) is 8.42 Å². The number of nitrogens with one attached hydrogen (secondary N) is 1. The summed E-state index contributed by atoms with van der Waals surface area (Å²) in [4.78, 5) is 29.4. The minimum Gasteiger partial charge on any atom is -0.350 e. The summed E-state index contributed by atoms with van der Waals surface area (Å²) in [5.41, 5.74) is 5.00. The Morgan fingerprint density at radius 1 is 0.857 bits per heavy atom. The Bertz CT molecular complexity index is 1460. The van der Waals surface area contributed by atoms with Crippen molar-refractivity contribution in [3.63, 3.8) is 0 Å². The molecule has 226 valence electrons. The molecule has 1 N–H and O–H groups in total. The van der Waals surface area contributed by atoms with Crippen molar-refractivity contribution < 1.29 is 18.0 Å². The highest BCUT2D eigenvalue weighted by Crippen LogP contribution is 2.26. The van der Waals surface area contributed by atoms with Crippen molar-refractivity contribution in [2.24, 2.45) is 0 Å². The van der Waals surface area contributed by atoms with Gasteiger partial charge in [0.15, 0.2) is 0 Å². The van der Waals surface area contributed by atoms with Gasteiger partial charge < -0.3 is 10.2 Å².